The van der Waals surface area contributed by atoms with Crippen LogP contribution in [0.4, 0.5) is 9.59 Å². The van der Waals surface area contributed by atoms with Crippen LogP contribution < -0.4 is 10.9 Å². The third-order valence-electron chi connectivity index (χ3n) is 6.31. The summed E-state index contributed by atoms with van der Waals surface area (Å²) < 4.78 is 19.3. The van der Waals surface area contributed by atoms with Crippen LogP contribution in [0.2, 0.25) is 0 Å². The van der Waals surface area contributed by atoms with Crippen molar-refractivity contribution in [2.24, 2.45) is 17.3 Å². The number of hydrogen-bond donors (Lipinski definition) is 4. The highest BCUT2D eigenvalue weighted by Gasteiger charge is 2.44. The zero-order chi connectivity index (χ0) is 30.6. The van der Waals surface area contributed by atoms with Crippen LogP contribution in [0.5, 0.6) is 0 Å². The van der Waals surface area contributed by atoms with Crippen LogP contribution in [0.25, 0.3) is 37.8 Å². The van der Waals surface area contributed by atoms with Crippen LogP contribution >= 0.6 is 0 Å². The molecule has 4 rings (SSSR count). The quantitative estimate of drug-likeness (QED) is 0.116. The van der Waals surface area contributed by atoms with Gasteiger partial charge in [0.2, 0.25) is 11.7 Å². The lowest BCUT2D eigenvalue weighted by Crippen LogP contribution is -2.33. The second-order valence-corrected chi connectivity index (χ2v) is 8.78. The van der Waals surface area contributed by atoms with E-state index in [4.69, 9.17) is 20.5 Å². The molecule has 0 aromatic carbocycles. The van der Waals surface area contributed by atoms with Gasteiger partial charge in [-0.05, 0) is 36.9 Å². The normalized spacial score (nSPS) is 20.3. The molecule has 1 aliphatic rings. The zero-order valence-electron chi connectivity index (χ0n) is 22.0. The number of nitrogens with zero attached hydrogens (tertiary/aromatic N) is 11. The summed E-state index contributed by atoms with van der Waals surface area (Å²) in [7, 11) is 1.62. The Morgan fingerprint density at radius 1 is 1.29 bits per heavy atom. The number of ether oxygens (including phenoxy) is 3. The first kappa shape index (κ1) is 29.8. The van der Waals surface area contributed by atoms with E-state index >= 15 is 0 Å². The van der Waals surface area contributed by atoms with Gasteiger partial charge in [-0.2, -0.15) is 0 Å². The average molecular weight is 588 g/mol. The molecular formula is C21H24N12O9. The summed E-state index contributed by atoms with van der Waals surface area (Å²) in [4.78, 5) is 50.5. The van der Waals surface area contributed by atoms with Gasteiger partial charge in [-0.3, -0.25) is 19.2 Å². The van der Waals surface area contributed by atoms with E-state index < -0.39 is 61.5 Å². The third-order valence-corrected chi connectivity index (χ3v) is 6.31. The molecule has 0 saturated carbocycles. The van der Waals surface area contributed by atoms with E-state index in [1.807, 2.05) is 0 Å². The maximum absolute atomic E-state index is 13.6. The number of carbonyl (C=O) groups is 2. The van der Waals surface area contributed by atoms with Crippen molar-refractivity contribution in [3.05, 3.63) is 60.9 Å². The molecule has 3 aromatic heterocycles. The van der Waals surface area contributed by atoms with Crippen molar-refractivity contribution in [3.63, 3.8) is 0 Å². The molecular weight excluding hydrogens is 564 g/mol. The molecule has 0 bridgehead atoms. The molecule has 1 aliphatic heterocycles. The Balaban J connectivity index is 1.65. The standard InChI is InChI=1S/C21H24N12O9/c1-9-10(4-3-5-12(42-21(39)28-30-23)27-20(38)40-8-25-29-22)33-17(37)13-16(31(2)19(33)26-9)32(7-24-13)18-15(36)14(35)11(6-34)41-18/h5,7,11,14-15,18,34-36H,3-4,6,8H2,1-2H3,(H,27,38)/t11-,14?,15+,18-/m1/s1. The highest BCUT2D eigenvalue weighted by Crippen LogP contribution is 2.31. The van der Waals surface area contributed by atoms with Gasteiger partial charge in [0, 0.05) is 22.0 Å². The molecule has 0 radical (unpaired) electrons. The number of aromatic nitrogens is 5. The van der Waals surface area contributed by atoms with Gasteiger partial charge in [0.25, 0.3) is 5.56 Å². The SMILES string of the molecule is Cc1nc2n(C)c3c(ncn3[C@@H]3O[C@H](CO)C(O)[C@@H]3O)c(=O)n2c1CCC=C(NC(=O)OCN=[N+]=[N-])OC(=O)N=[N+]=[N-]. The first-order chi connectivity index (χ1) is 20.1. The van der Waals surface area contributed by atoms with Crippen molar-refractivity contribution in [1.82, 2.24) is 28.8 Å². The topological polar surface area (TPSA) is 289 Å². The Labute approximate surface area is 233 Å². The van der Waals surface area contributed by atoms with Crippen LogP contribution in [0, 0.1) is 6.92 Å². The molecule has 4 heterocycles. The fourth-order valence-electron chi connectivity index (χ4n) is 4.47. The monoisotopic (exact) mass is 588 g/mol. The minimum atomic E-state index is -1.40. The molecule has 2 amide bonds. The van der Waals surface area contributed by atoms with Crippen molar-refractivity contribution in [2.45, 2.75) is 44.3 Å². The van der Waals surface area contributed by atoms with Crippen LogP contribution in [0.1, 0.15) is 24.0 Å². The van der Waals surface area contributed by atoms with Gasteiger partial charge < -0.3 is 29.5 Å². The number of imidazole rings is 2. The second-order valence-electron chi connectivity index (χ2n) is 8.78. The fraction of sp³-hybridized carbons (Fsp3) is 0.476. The number of aryl methyl sites for hydroxylation is 3. The summed E-state index contributed by atoms with van der Waals surface area (Å²) in [5.74, 6) is -0.232. The van der Waals surface area contributed by atoms with Crippen molar-refractivity contribution in [2.75, 3.05) is 13.3 Å². The number of amides is 2. The van der Waals surface area contributed by atoms with E-state index in [1.165, 1.54) is 21.4 Å². The summed E-state index contributed by atoms with van der Waals surface area (Å²) in [5.41, 5.74) is 17.3. The van der Waals surface area contributed by atoms with Crippen LogP contribution in [-0.4, -0.2) is 82.7 Å². The predicted octanol–water partition coefficient (Wildman–Crippen LogP) is 0.518. The lowest BCUT2D eigenvalue weighted by atomic mass is 10.1. The van der Waals surface area contributed by atoms with E-state index in [1.54, 1.807) is 18.5 Å². The highest BCUT2D eigenvalue weighted by molar-refractivity contribution is 5.74. The lowest BCUT2D eigenvalue weighted by molar-refractivity contribution is -0.0512. The van der Waals surface area contributed by atoms with Gasteiger partial charge in [0.15, 0.2) is 24.1 Å². The maximum Gasteiger partial charge on any atom is 0.414 e. The Morgan fingerprint density at radius 2 is 2.05 bits per heavy atom. The molecule has 21 nitrogen and oxygen atoms in total. The Kier molecular flexibility index (Phi) is 8.91. The zero-order valence-corrected chi connectivity index (χ0v) is 22.0. The summed E-state index contributed by atoms with van der Waals surface area (Å²) in [5, 5.41) is 38.0. The van der Waals surface area contributed by atoms with Crippen molar-refractivity contribution in [3.8, 4) is 0 Å². The number of fused-ring (bicyclic) bond motifs is 2. The molecule has 1 fully saturated rings. The number of aliphatic hydroxyl groups excluding tert-OH is 3. The minimum Gasteiger partial charge on any atom is -0.443 e. The van der Waals surface area contributed by atoms with Gasteiger partial charge in [0.1, 0.15) is 18.3 Å². The van der Waals surface area contributed by atoms with Crippen molar-refractivity contribution in [1.29, 1.82) is 0 Å². The van der Waals surface area contributed by atoms with Gasteiger partial charge in [-0.1, -0.05) is 5.11 Å². The first-order valence-corrected chi connectivity index (χ1v) is 12.1. The second kappa shape index (κ2) is 12.6. The summed E-state index contributed by atoms with van der Waals surface area (Å²) in [6.07, 6.45) is -4.67. The summed E-state index contributed by atoms with van der Waals surface area (Å²) in [6, 6.07) is 0. The molecule has 0 aliphatic carbocycles. The van der Waals surface area contributed by atoms with Crippen LogP contribution in [0.3, 0.4) is 0 Å². The molecule has 1 unspecified atom stereocenters. The maximum atomic E-state index is 13.6. The average Bonchev–Trinajstić information content (AvgIpc) is 3.62. The Hall–Kier alpha value is -5.17. The lowest BCUT2D eigenvalue weighted by Gasteiger charge is -2.18. The summed E-state index contributed by atoms with van der Waals surface area (Å²) >= 11 is 0. The molecule has 3 aromatic rings. The van der Waals surface area contributed by atoms with Crippen molar-refractivity contribution < 1.29 is 39.1 Å². The number of carbonyl (C=O) groups excluding carboxylic acids is 2. The predicted molar refractivity (Wildman–Crippen MR) is 137 cm³/mol. The molecule has 222 valence electrons. The largest absolute Gasteiger partial charge is 0.443 e. The van der Waals surface area contributed by atoms with E-state index in [0.29, 0.717) is 11.4 Å². The molecule has 4 atom stereocenters. The molecule has 0 spiro atoms. The van der Waals surface area contributed by atoms with Crippen LogP contribution in [0.15, 0.2) is 33.3 Å². The minimum absolute atomic E-state index is 0.00496. The Morgan fingerprint density at radius 3 is 2.71 bits per heavy atom. The Bertz CT molecular complexity index is 1710. The number of aliphatic hydroxyl groups is 3. The van der Waals surface area contributed by atoms with E-state index in [9.17, 15) is 29.7 Å². The molecule has 1 saturated heterocycles. The molecule has 4 N–H and O–H groups in total. The number of hydrogen-bond acceptors (Lipinski definition) is 12. The van der Waals surface area contributed by atoms with E-state index in [2.05, 4.69) is 40.1 Å². The van der Waals surface area contributed by atoms with Crippen molar-refractivity contribution >= 4 is 29.1 Å². The number of rotatable bonds is 9. The molecule has 21 heteroatoms. The highest BCUT2D eigenvalue weighted by atomic mass is 16.6. The summed E-state index contributed by atoms with van der Waals surface area (Å²) in [6.45, 7) is 0.501. The number of nitrogens with one attached hydrogen (secondary N) is 1. The van der Waals surface area contributed by atoms with Crippen LogP contribution in [-0.2, 0) is 27.7 Å². The van der Waals surface area contributed by atoms with Gasteiger partial charge in [0.05, 0.1) is 24.3 Å². The number of azide groups is 2. The van der Waals surface area contributed by atoms with Gasteiger partial charge in [-0.15, -0.1) is 0 Å². The smallest absolute Gasteiger partial charge is 0.414 e. The number of allylic oxidation sites excluding steroid dienone is 1. The fourth-order valence-corrected chi connectivity index (χ4v) is 4.47. The van der Waals surface area contributed by atoms with E-state index in [0.717, 1.165) is 0 Å². The van der Waals surface area contributed by atoms with E-state index in [-0.39, 0.29) is 29.8 Å². The third kappa shape index (κ3) is 5.67. The van der Waals surface area contributed by atoms with Gasteiger partial charge >= 0.3 is 12.2 Å². The number of alkyl carbamates (subject to hydrolysis) is 1. The molecule has 42 heavy (non-hydrogen) atoms. The first-order valence-electron chi connectivity index (χ1n) is 12.1. The van der Waals surface area contributed by atoms with Gasteiger partial charge in [-0.25, -0.2) is 24.0 Å².